The molecule has 3 aromatic rings. The average Bonchev–Trinajstić information content (AvgIpc) is 3.54. The molecule has 0 aromatic heterocycles. The molecular weight excluding hydrogens is 576 g/mol. The number of benzene rings is 3. The van der Waals surface area contributed by atoms with Crippen molar-refractivity contribution >= 4 is 14.1 Å². The van der Waals surface area contributed by atoms with E-state index in [9.17, 15) is 0 Å². The monoisotopic (exact) mass is 620 g/mol. The minimum Gasteiger partial charge on any atom is -0.358 e. The second-order valence-corrected chi connectivity index (χ2v) is 17.1. The van der Waals surface area contributed by atoms with Gasteiger partial charge in [-0.15, -0.1) is 0 Å². The molecule has 0 N–H and O–H groups in total. The summed E-state index contributed by atoms with van der Waals surface area (Å²) >= 11 is 0. The van der Waals surface area contributed by atoms with Crippen molar-refractivity contribution in [2.24, 2.45) is 0 Å². The van der Waals surface area contributed by atoms with Crippen LogP contribution in [0.3, 0.4) is 0 Å². The Kier molecular flexibility index (Phi) is 9.80. The van der Waals surface area contributed by atoms with Crippen LogP contribution in [0.15, 0.2) is 88.5 Å². The largest absolute Gasteiger partial charge is 2.00 e. The number of aryl methyl sites for hydroxylation is 1. The molecule has 1 unspecified atom stereocenters. The van der Waals surface area contributed by atoms with E-state index >= 15 is 0 Å². The van der Waals surface area contributed by atoms with Gasteiger partial charge >= 0.3 is 26.2 Å². The Hall–Kier alpha value is -2.02. The molecule has 0 spiro atoms. The minimum atomic E-state index is -1.78. The smallest absolute Gasteiger partial charge is 0.358 e. The summed E-state index contributed by atoms with van der Waals surface area (Å²) in [6.07, 6.45) is 6.27. The molecule has 0 aliphatic heterocycles. The predicted molar refractivity (Wildman–Crippen MR) is 177 cm³/mol. The fourth-order valence-electron chi connectivity index (χ4n) is 8.23. The van der Waals surface area contributed by atoms with Crippen LogP contribution in [0.4, 0.5) is 0 Å². The number of hydrogen-bond donors (Lipinski definition) is 0. The van der Waals surface area contributed by atoms with E-state index in [0.717, 1.165) is 0 Å². The standard InChI is InChI=1S/C36H40Si.2CH3.Zr/c1-22-20-32-33(35(22)37(6,7)36-25(4)23(2)24(3)26(36)5)21-28-16-13-19-30(28)34(32)31-18-12-11-17-29(31)27-14-9-8-10-15-27;;;/h8-12,14-15,17-18,20-21,35-36H,13,16,19H2,1-7H3;2*1H3;/q;2*-1;+2. The summed E-state index contributed by atoms with van der Waals surface area (Å²) in [5.74, 6) is 0. The van der Waals surface area contributed by atoms with E-state index in [1.165, 1.54) is 58.2 Å². The van der Waals surface area contributed by atoms with Crippen molar-refractivity contribution in [3.8, 4) is 22.3 Å². The SMILES string of the molecule is CC1=Cc2c(cc3c(c2-c2ccccc2-c2ccccc2)CCC3)C1[Si](C)(C)C1C(C)=C(C)C(C)=C1C.[CH3-].[CH3-].[Zr+2]. The third-order valence-electron chi connectivity index (χ3n) is 9.99. The zero-order chi connectivity index (χ0) is 26.1. The van der Waals surface area contributed by atoms with Crippen LogP contribution in [0.25, 0.3) is 28.3 Å². The van der Waals surface area contributed by atoms with Crippen LogP contribution in [0.2, 0.25) is 18.6 Å². The third-order valence-corrected chi connectivity index (χ3v) is 14.6. The molecule has 2 heteroatoms. The average molecular weight is 622 g/mol. The van der Waals surface area contributed by atoms with Gasteiger partial charge in [0.1, 0.15) is 0 Å². The van der Waals surface area contributed by atoms with Crippen LogP contribution in [-0.2, 0) is 39.0 Å². The van der Waals surface area contributed by atoms with Crippen molar-refractivity contribution in [2.75, 3.05) is 0 Å². The van der Waals surface area contributed by atoms with Gasteiger partial charge in [-0.25, -0.2) is 0 Å². The summed E-state index contributed by atoms with van der Waals surface area (Å²) in [6, 6.07) is 22.7. The van der Waals surface area contributed by atoms with Gasteiger partial charge in [0.15, 0.2) is 0 Å². The zero-order valence-corrected chi connectivity index (χ0v) is 29.6. The molecular formula is C38H46SiZr. The van der Waals surface area contributed by atoms with Gasteiger partial charge < -0.3 is 14.9 Å². The second kappa shape index (κ2) is 12.1. The van der Waals surface area contributed by atoms with E-state index in [4.69, 9.17) is 0 Å². The molecule has 0 fully saturated rings. The molecule has 3 aliphatic carbocycles. The summed E-state index contributed by atoms with van der Waals surface area (Å²) in [5, 5.41) is 0. The van der Waals surface area contributed by atoms with Crippen LogP contribution in [0.5, 0.6) is 0 Å². The van der Waals surface area contributed by atoms with E-state index in [-0.39, 0.29) is 41.1 Å². The van der Waals surface area contributed by atoms with Gasteiger partial charge in [0, 0.05) is 5.54 Å². The minimum absolute atomic E-state index is 0. The Labute approximate surface area is 264 Å². The van der Waals surface area contributed by atoms with E-state index in [2.05, 4.69) is 114 Å². The van der Waals surface area contributed by atoms with Crippen molar-refractivity contribution in [1.82, 2.24) is 0 Å². The van der Waals surface area contributed by atoms with Crippen LogP contribution in [-0.4, -0.2) is 8.07 Å². The van der Waals surface area contributed by atoms with Gasteiger partial charge in [-0.05, 0) is 115 Å². The first-order valence-electron chi connectivity index (χ1n) is 14.1. The number of fused-ring (bicyclic) bond motifs is 2. The van der Waals surface area contributed by atoms with E-state index in [1.54, 1.807) is 33.4 Å². The molecule has 0 radical (unpaired) electrons. The topological polar surface area (TPSA) is 0 Å². The van der Waals surface area contributed by atoms with Crippen molar-refractivity contribution in [2.45, 2.75) is 78.1 Å². The summed E-state index contributed by atoms with van der Waals surface area (Å²) in [6.45, 7) is 17.3. The normalized spacial score (nSPS) is 18.1. The van der Waals surface area contributed by atoms with Crippen LogP contribution >= 0.6 is 0 Å². The molecule has 0 nitrogen and oxygen atoms in total. The molecule has 3 aliphatic rings. The Bertz CT molecular complexity index is 1490. The van der Waals surface area contributed by atoms with Gasteiger partial charge in [-0.1, -0.05) is 96.6 Å². The van der Waals surface area contributed by atoms with Gasteiger partial charge in [0.25, 0.3) is 0 Å². The van der Waals surface area contributed by atoms with Gasteiger partial charge in [-0.2, -0.15) is 0 Å². The summed E-state index contributed by atoms with van der Waals surface area (Å²) < 4.78 is 0. The Balaban J connectivity index is 0.00000147. The Morgan fingerprint density at radius 2 is 1.27 bits per heavy atom. The van der Waals surface area contributed by atoms with Crippen LogP contribution in [0.1, 0.15) is 68.8 Å². The second-order valence-electron chi connectivity index (χ2n) is 12.3. The maximum Gasteiger partial charge on any atom is 2.00 e. The van der Waals surface area contributed by atoms with Crippen LogP contribution < -0.4 is 0 Å². The molecule has 3 aromatic carbocycles. The fraction of sp³-hybridized carbons (Fsp3) is 0.316. The quantitative estimate of drug-likeness (QED) is 0.201. The first-order chi connectivity index (χ1) is 17.7. The predicted octanol–water partition coefficient (Wildman–Crippen LogP) is 11.2. The number of hydrogen-bond acceptors (Lipinski definition) is 0. The molecule has 1 atom stereocenters. The molecule has 0 heterocycles. The van der Waals surface area contributed by atoms with Gasteiger partial charge in [-0.3, -0.25) is 0 Å². The fourth-order valence-corrected chi connectivity index (χ4v) is 13.5. The van der Waals surface area contributed by atoms with E-state index in [1.807, 2.05) is 0 Å². The maximum absolute atomic E-state index is 2.67. The Morgan fingerprint density at radius 1 is 0.700 bits per heavy atom. The number of rotatable bonds is 4. The number of allylic oxidation sites excluding steroid dienone is 5. The van der Waals surface area contributed by atoms with Gasteiger partial charge in [0.2, 0.25) is 0 Å². The van der Waals surface area contributed by atoms with Gasteiger partial charge in [0.05, 0.1) is 8.07 Å². The van der Waals surface area contributed by atoms with Crippen molar-refractivity contribution < 1.29 is 26.2 Å². The third kappa shape index (κ3) is 4.88. The molecule has 0 saturated carbocycles. The summed E-state index contributed by atoms with van der Waals surface area (Å²) in [7, 11) is -1.78. The zero-order valence-electron chi connectivity index (χ0n) is 26.1. The summed E-state index contributed by atoms with van der Waals surface area (Å²) in [5.41, 5.74) is 21.0. The van der Waals surface area contributed by atoms with E-state index in [0.29, 0.717) is 11.1 Å². The molecule has 0 amide bonds. The molecule has 206 valence electrons. The van der Waals surface area contributed by atoms with Crippen molar-refractivity contribution in [3.05, 3.63) is 126 Å². The molecule has 6 rings (SSSR count). The van der Waals surface area contributed by atoms with Crippen LogP contribution in [0, 0.1) is 14.9 Å². The molecule has 0 saturated heterocycles. The first kappa shape index (κ1) is 32.5. The van der Waals surface area contributed by atoms with Crippen molar-refractivity contribution in [1.29, 1.82) is 0 Å². The maximum atomic E-state index is 2.67. The molecule has 40 heavy (non-hydrogen) atoms. The van der Waals surface area contributed by atoms with E-state index < -0.39 is 8.07 Å². The molecule has 0 bridgehead atoms. The van der Waals surface area contributed by atoms with Crippen molar-refractivity contribution in [3.63, 3.8) is 0 Å². The summed E-state index contributed by atoms with van der Waals surface area (Å²) in [4.78, 5) is 0. The Morgan fingerprint density at radius 3 is 1.90 bits per heavy atom. The first-order valence-corrected chi connectivity index (χ1v) is 17.2.